The number of aryl methyl sites for hydroxylation is 5. The summed E-state index contributed by atoms with van der Waals surface area (Å²) in [4.78, 5) is 32.9. The first-order chi connectivity index (χ1) is 58.2. The van der Waals surface area contributed by atoms with Crippen molar-refractivity contribution in [2.75, 3.05) is 0 Å². The third kappa shape index (κ3) is 34.4. The van der Waals surface area contributed by atoms with E-state index < -0.39 is 28.8 Å². The lowest BCUT2D eigenvalue weighted by molar-refractivity contribution is 0.103. The molecule has 0 spiro atoms. The number of carbonyl (C=O) groups is 2. The van der Waals surface area contributed by atoms with Gasteiger partial charge in [-0.25, -0.2) is 19.3 Å². The van der Waals surface area contributed by atoms with Gasteiger partial charge in [-0.05, 0) is 275 Å². The Labute approximate surface area is 791 Å². The molecule has 0 fully saturated rings. The Balaban J connectivity index is 0.000000225. The Morgan fingerprint density at radius 3 is 1.08 bits per heavy atom. The zero-order chi connectivity index (χ0) is 90.8. The lowest BCUT2D eigenvalue weighted by Gasteiger charge is -2.19. The molecule has 0 atom stereocenters. The number of rotatable bonds is 17. The first-order valence-corrected chi connectivity index (χ1v) is 45.6. The zero-order valence-electron chi connectivity index (χ0n) is 70.6. The van der Waals surface area contributed by atoms with Crippen molar-refractivity contribution in [2.45, 2.75) is 142 Å². The van der Waals surface area contributed by atoms with Gasteiger partial charge < -0.3 is 10.0 Å². The number of carbonyl (C=O) groups excluding carboxylic acids is 2. The van der Waals surface area contributed by atoms with Crippen molar-refractivity contribution in [3.63, 3.8) is 0 Å². The van der Waals surface area contributed by atoms with Gasteiger partial charge in [0.25, 0.3) is 0 Å². The van der Waals surface area contributed by atoms with E-state index in [1.807, 2.05) is 209 Å². The first kappa shape index (κ1) is 102. The average Bonchev–Trinajstić information content (AvgIpc) is 1.14. The number of hydrogen-bond donors (Lipinski definition) is 2. The van der Waals surface area contributed by atoms with Gasteiger partial charge in [-0.1, -0.05) is 273 Å². The number of aromatic nitrogens is 6. The van der Waals surface area contributed by atoms with Crippen molar-refractivity contribution in [3.8, 4) is 41.5 Å². The van der Waals surface area contributed by atoms with Crippen LogP contribution >= 0.6 is 127 Å². The number of benzene rings is 11. The summed E-state index contributed by atoms with van der Waals surface area (Å²) in [6.45, 7) is 26.9. The van der Waals surface area contributed by atoms with Gasteiger partial charge in [-0.2, -0.15) is 36.5 Å². The normalized spacial score (nSPS) is 10.6. The van der Waals surface area contributed by atoms with E-state index in [4.69, 9.17) is 25.8 Å². The molecule has 0 unspecified atom stereocenters. The van der Waals surface area contributed by atoms with E-state index in [2.05, 4.69) is 247 Å². The summed E-state index contributed by atoms with van der Waals surface area (Å²) >= 11 is 27.4. The van der Waals surface area contributed by atoms with E-state index in [0.717, 1.165) is 83.1 Å². The van der Waals surface area contributed by atoms with Gasteiger partial charge in [0.05, 0.1) is 71.5 Å². The smallest absolute Gasteiger partial charge is 0.423 e. The van der Waals surface area contributed by atoms with Crippen LogP contribution < -0.4 is 5.46 Å². The molecule has 0 bridgehead atoms. The number of ketones is 2. The van der Waals surface area contributed by atoms with E-state index >= 15 is 0 Å². The predicted octanol–water partition coefficient (Wildman–Crippen LogP) is 25.8. The Morgan fingerprint density at radius 1 is 0.358 bits per heavy atom. The van der Waals surface area contributed by atoms with E-state index in [1.54, 1.807) is 64.5 Å². The van der Waals surface area contributed by atoms with Gasteiger partial charge in [0.2, 0.25) is 0 Å². The highest BCUT2D eigenvalue weighted by atomic mass is 79.9. The van der Waals surface area contributed by atoms with E-state index in [9.17, 15) is 20.1 Å². The SMILES string of the molecule is CC(C)(C#N)c1cc(Br)cc(CBr)c1.CC(C)(C#N)c1cc(Br)cc(Cn2cncn2)c1.CC(C)(C#N)c1cc(Cn2cncn2)cc(-c2cccc(C(=O)c3ccccc3)c2)c1.Cc1cc(Br)cc(C(C)(C)C#N)c1.Cc1cc(Br)cc(CBr)c1.Cc1cc(Br)cc(CC#N)c1.Cc1cc(C)cc(Br)c1.O=C(c1ccccc1)c1cccc(B(O)O)c1. The van der Waals surface area contributed by atoms with Crippen LogP contribution in [0.25, 0.3) is 11.1 Å². The monoisotopic (exact) mass is 2140 g/mol. The third-order valence-corrected chi connectivity index (χ3v) is 22.6. The Hall–Kier alpha value is -9.69. The summed E-state index contributed by atoms with van der Waals surface area (Å²) < 4.78 is 9.89. The molecule has 2 N–H and O–H groups in total. The van der Waals surface area contributed by atoms with Gasteiger partial charge in [-0.15, -0.1) is 0 Å². The van der Waals surface area contributed by atoms with Crippen molar-refractivity contribution in [3.05, 3.63) is 389 Å². The molecule has 0 radical (unpaired) electrons. The van der Waals surface area contributed by atoms with Crippen molar-refractivity contribution < 1.29 is 19.6 Å². The molecule has 123 heavy (non-hydrogen) atoms. The molecule has 0 saturated carbocycles. The largest absolute Gasteiger partial charge is 0.488 e. The molecule has 0 aliphatic heterocycles. The molecule has 0 aliphatic rings. The highest BCUT2D eigenvalue weighted by molar-refractivity contribution is 9.11. The van der Waals surface area contributed by atoms with Crippen LogP contribution in [-0.4, -0.2) is 58.3 Å². The maximum Gasteiger partial charge on any atom is 0.488 e. The lowest BCUT2D eigenvalue weighted by Crippen LogP contribution is -2.30. The highest BCUT2D eigenvalue weighted by Gasteiger charge is 2.25. The number of nitrogens with zero attached hydrogens (tertiary/aromatic N) is 11. The topological polar surface area (TPSA) is 255 Å². The van der Waals surface area contributed by atoms with E-state index in [0.29, 0.717) is 47.2 Å². The third-order valence-electron chi connectivity index (χ3n) is 18.5. The van der Waals surface area contributed by atoms with Crippen LogP contribution in [0.15, 0.2) is 289 Å². The van der Waals surface area contributed by atoms with E-state index in [1.165, 1.54) is 62.1 Å². The van der Waals surface area contributed by atoms with Crippen molar-refractivity contribution in [2.24, 2.45) is 0 Å². The minimum absolute atomic E-state index is 0.0150. The fourth-order valence-corrected chi connectivity index (χ4v) is 16.2. The van der Waals surface area contributed by atoms with Gasteiger partial charge >= 0.3 is 7.12 Å². The van der Waals surface area contributed by atoms with Crippen LogP contribution in [0.3, 0.4) is 0 Å². The minimum atomic E-state index is -1.56. The quantitative estimate of drug-likeness (QED) is 0.0489. The molecule has 628 valence electrons. The molecule has 2 aromatic heterocycles. The molecule has 13 rings (SSSR count). The Bertz CT molecular complexity index is 5800. The molecule has 13 aromatic rings. The fraction of sp³-hybridized carbons (Fsp3) is 0.222. The number of alkyl halides is 2. The fourth-order valence-electron chi connectivity index (χ4n) is 11.9. The van der Waals surface area contributed by atoms with Crippen molar-refractivity contribution in [1.29, 1.82) is 26.3 Å². The van der Waals surface area contributed by atoms with Crippen LogP contribution in [0.5, 0.6) is 0 Å². The second-order valence-corrected chi connectivity index (χ2v) is 37.5. The number of nitriles is 5. The Kier molecular flexibility index (Phi) is 41.3. The zero-order valence-corrected chi connectivity index (χ0v) is 83.3. The van der Waals surface area contributed by atoms with Gasteiger partial charge in [0, 0.05) is 59.8 Å². The summed E-state index contributed by atoms with van der Waals surface area (Å²) in [6.07, 6.45) is 6.85. The summed E-state index contributed by atoms with van der Waals surface area (Å²) in [5.74, 6) is -0.146. The van der Waals surface area contributed by atoms with Gasteiger partial charge in [-0.3, -0.25) is 9.59 Å². The van der Waals surface area contributed by atoms with Gasteiger partial charge in [0.1, 0.15) is 25.3 Å². The standard InChI is InChI=1S/C26H22N4O.C13H11BO3.C13H13BrN4.C11H11Br2N.C11H12BrN.C9H8BrN.C8H8Br2.C8H9Br/c1-26(2,16-27)24-12-19(15-30-18-28-17-29-30)11-23(14-24)21-9-6-10-22(13-21)25(31)20-7-4-3-5-8-20;15-13(10-5-2-1-3-6-10)11-7-4-8-12(9-11)14(16)17;1-13(2,7-15)11-3-10(4-12(14)5-11)6-18-9-16-8-17-18;1-11(2,7-14)9-3-8(6-12)4-10(13)5-9;1-8-4-9(6-10(12)5-8)11(2,3)7-13;1-7-4-8(2-3-11)6-9(10)5-7;1-6-2-7(5-9)4-8(10)3-6;1-6-3-7(2)5-8(9)4-6/h3-14,17-18H,15H2,1-2H3;1-9,16-17H;3-5,8-9H,6H2,1-2H3;3-5H,6H2,1-2H3;4-6H,1-3H3;4-6H,2H2,1H3;2-4H,5H2,1H3;3-5H,1-2H3. The first-order valence-electron chi connectivity index (χ1n) is 38.6. The molecule has 0 amide bonds. The summed E-state index contributed by atoms with van der Waals surface area (Å²) in [5.41, 5.74) is 18.5. The maximum atomic E-state index is 12.9. The molecule has 2 heterocycles. The molecular formula is C99H94BBr8N11O4. The second kappa shape index (κ2) is 49.7. The van der Waals surface area contributed by atoms with Crippen LogP contribution in [0.4, 0.5) is 0 Å². The molecule has 0 saturated heterocycles. The maximum absolute atomic E-state index is 12.9. The lowest BCUT2D eigenvalue weighted by atomic mass is 9.79. The summed E-state index contributed by atoms with van der Waals surface area (Å²) in [5, 5.41) is 73.4. The molecule has 15 nitrogen and oxygen atoms in total. The Morgan fingerprint density at radius 2 is 0.691 bits per heavy atom. The van der Waals surface area contributed by atoms with Crippen molar-refractivity contribution >= 4 is 152 Å². The summed E-state index contributed by atoms with van der Waals surface area (Å²) in [6, 6.07) is 86.6. The second-order valence-electron chi connectivity index (χ2n) is 30.9. The van der Waals surface area contributed by atoms with Crippen LogP contribution in [0.2, 0.25) is 0 Å². The van der Waals surface area contributed by atoms with Crippen molar-refractivity contribution in [1.82, 2.24) is 29.5 Å². The number of hydrogen-bond acceptors (Lipinski definition) is 13. The minimum Gasteiger partial charge on any atom is -0.423 e. The van der Waals surface area contributed by atoms with Crippen LogP contribution in [-0.2, 0) is 51.8 Å². The highest BCUT2D eigenvalue weighted by Crippen LogP contribution is 2.34. The van der Waals surface area contributed by atoms with Crippen LogP contribution in [0.1, 0.15) is 165 Å². The molecule has 11 aromatic carbocycles. The molecular weight excluding hydrogens is 2060 g/mol. The van der Waals surface area contributed by atoms with Gasteiger partial charge in [0.15, 0.2) is 11.6 Å². The van der Waals surface area contributed by atoms with Crippen LogP contribution in [0, 0.1) is 91.3 Å². The predicted molar refractivity (Wildman–Crippen MR) is 524 cm³/mol. The summed E-state index contributed by atoms with van der Waals surface area (Å²) in [7, 11) is -1.56. The van der Waals surface area contributed by atoms with E-state index in [-0.39, 0.29) is 11.6 Å². The number of halogens is 8. The molecule has 0 aliphatic carbocycles. The molecule has 24 heteroatoms. The average molecular weight is 2150 g/mol.